The summed E-state index contributed by atoms with van der Waals surface area (Å²) in [5.74, 6) is -0.0750. The fourth-order valence-corrected chi connectivity index (χ4v) is 2.32. The van der Waals surface area contributed by atoms with Crippen LogP contribution in [0.4, 0.5) is 0 Å². The summed E-state index contributed by atoms with van der Waals surface area (Å²) in [6, 6.07) is 11.7. The molecule has 2 N–H and O–H groups in total. The molecule has 1 heterocycles. The van der Waals surface area contributed by atoms with E-state index >= 15 is 0 Å². The van der Waals surface area contributed by atoms with E-state index in [2.05, 4.69) is 10.9 Å². The van der Waals surface area contributed by atoms with Gasteiger partial charge in [-0.1, -0.05) is 41.9 Å². The van der Waals surface area contributed by atoms with Gasteiger partial charge in [-0.15, -0.1) is 0 Å². The molecular weight excluding hydrogens is 248 g/mol. The molecule has 2 aromatic carbocycles. The third-order valence-corrected chi connectivity index (χ3v) is 3.34. The van der Waals surface area contributed by atoms with Crippen LogP contribution in [-0.2, 0) is 4.79 Å². The Morgan fingerprint density at radius 2 is 1.89 bits per heavy atom. The van der Waals surface area contributed by atoms with Crippen molar-refractivity contribution < 1.29 is 4.79 Å². The van der Waals surface area contributed by atoms with Crippen LogP contribution < -0.4 is 10.9 Å². The van der Waals surface area contributed by atoms with Gasteiger partial charge in [0.15, 0.2) is 0 Å². The van der Waals surface area contributed by atoms with Crippen LogP contribution in [0.2, 0.25) is 5.02 Å². The molecule has 0 unspecified atom stereocenters. The molecule has 0 saturated carbocycles. The van der Waals surface area contributed by atoms with Crippen molar-refractivity contribution >= 4 is 34.4 Å². The van der Waals surface area contributed by atoms with E-state index in [0.717, 1.165) is 26.9 Å². The van der Waals surface area contributed by atoms with Crippen molar-refractivity contribution in [2.24, 2.45) is 0 Å². The number of halogens is 1. The molecule has 0 radical (unpaired) electrons. The molecule has 1 amide bonds. The fraction of sp³-hybridized carbons (Fsp3) is 0.0714. The number of rotatable bonds is 1. The van der Waals surface area contributed by atoms with Crippen molar-refractivity contribution in [1.29, 1.82) is 0 Å². The summed E-state index contributed by atoms with van der Waals surface area (Å²) in [6.07, 6.45) is 1.90. The number of benzene rings is 2. The third kappa shape index (κ3) is 1.88. The Bertz CT molecular complexity index is 664. The molecule has 1 aliphatic heterocycles. The van der Waals surface area contributed by atoms with Crippen molar-refractivity contribution in [2.75, 3.05) is 6.54 Å². The first kappa shape index (κ1) is 11.3. The zero-order valence-electron chi connectivity index (χ0n) is 9.53. The Morgan fingerprint density at radius 1 is 1.11 bits per heavy atom. The van der Waals surface area contributed by atoms with Gasteiger partial charge in [0, 0.05) is 22.5 Å². The Kier molecular flexibility index (Phi) is 2.78. The van der Waals surface area contributed by atoms with Gasteiger partial charge in [-0.25, -0.2) is 5.43 Å². The largest absolute Gasteiger partial charge is 0.287 e. The monoisotopic (exact) mass is 258 g/mol. The van der Waals surface area contributed by atoms with Crippen molar-refractivity contribution in [1.82, 2.24) is 10.9 Å². The predicted octanol–water partition coefficient (Wildman–Crippen LogP) is 2.51. The predicted molar refractivity (Wildman–Crippen MR) is 73.1 cm³/mol. The Labute approximate surface area is 109 Å². The van der Waals surface area contributed by atoms with Gasteiger partial charge in [0.05, 0.1) is 0 Å². The van der Waals surface area contributed by atoms with Crippen molar-refractivity contribution in [3.8, 4) is 0 Å². The number of hydrogen-bond donors (Lipinski definition) is 2. The lowest BCUT2D eigenvalue weighted by atomic mass is 10.0. The molecule has 4 heteroatoms. The van der Waals surface area contributed by atoms with Crippen LogP contribution in [0.3, 0.4) is 0 Å². The van der Waals surface area contributed by atoms with E-state index in [-0.39, 0.29) is 5.91 Å². The van der Waals surface area contributed by atoms with Crippen molar-refractivity contribution in [3.05, 3.63) is 52.6 Å². The Hall–Kier alpha value is -1.84. The molecule has 0 bridgehead atoms. The van der Waals surface area contributed by atoms with E-state index in [4.69, 9.17) is 11.6 Å². The van der Waals surface area contributed by atoms with E-state index in [1.165, 1.54) is 0 Å². The summed E-state index contributed by atoms with van der Waals surface area (Å²) in [6.45, 7) is 0.537. The number of carbonyl (C=O) groups excluding carboxylic acids is 1. The highest BCUT2D eigenvalue weighted by Crippen LogP contribution is 2.27. The first-order valence-corrected chi connectivity index (χ1v) is 6.04. The van der Waals surface area contributed by atoms with Crippen LogP contribution in [0, 0.1) is 0 Å². The molecule has 3 rings (SSSR count). The van der Waals surface area contributed by atoms with Gasteiger partial charge in [0.2, 0.25) is 0 Å². The molecule has 90 valence electrons. The highest BCUT2D eigenvalue weighted by Gasteiger charge is 2.15. The standard InChI is InChI=1S/C14H11ClN2O/c15-13-6-5-9(7-10-8-16-17-14(10)18)11-3-1-2-4-12(11)13/h1-7,16H,8H2,(H,17,18)/b10-7+. The Balaban J connectivity index is 2.18. The number of amides is 1. The maximum Gasteiger partial charge on any atom is 0.262 e. The van der Waals surface area contributed by atoms with Gasteiger partial charge in [0.25, 0.3) is 5.91 Å². The van der Waals surface area contributed by atoms with Crippen LogP contribution in [0.15, 0.2) is 42.0 Å². The van der Waals surface area contributed by atoms with Crippen LogP contribution >= 0.6 is 11.6 Å². The third-order valence-electron chi connectivity index (χ3n) is 3.01. The SMILES string of the molecule is O=C1NNC/C1=C\c1ccc(Cl)c2ccccc12. The lowest BCUT2D eigenvalue weighted by Crippen LogP contribution is -2.25. The van der Waals surface area contributed by atoms with Gasteiger partial charge in [0.1, 0.15) is 0 Å². The van der Waals surface area contributed by atoms with Gasteiger partial charge in [-0.2, -0.15) is 0 Å². The van der Waals surface area contributed by atoms with E-state index in [9.17, 15) is 4.79 Å². The maximum absolute atomic E-state index is 11.5. The van der Waals surface area contributed by atoms with Gasteiger partial charge < -0.3 is 0 Å². The summed E-state index contributed by atoms with van der Waals surface area (Å²) in [5, 5.41) is 2.78. The van der Waals surface area contributed by atoms with Crippen LogP contribution in [0.1, 0.15) is 5.56 Å². The molecule has 0 aromatic heterocycles. The minimum absolute atomic E-state index is 0.0750. The lowest BCUT2D eigenvalue weighted by Gasteiger charge is -2.04. The average molecular weight is 259 g/mol. The molecule has 0 aliphatic carbocycles. The van der Waals surface area contributed by atoms with E-state index in [0.29, 0.717) is 6.54 Å². The van der Waals surface area contributed by atoms with Gasteiger partial charge >= 0.3 is 0 Å². The van der Waals surface area contributed by atoms with Crippen molar-refractivity contribution in [2.45, 2.75) is 0 Å². The molecule has 1 fully saturated rings. The molecule has 1 saturated heterocycles. The lowest BCUT2D eigenvalue weighted by molar-refractivity contribution is -0.116. The van der Waals surface area contributed by atoms with E-state index in [1.807, 2.05) is 42.5 Å². The second-order valence-electron chi connectivity index (χ2n) is 4.16. The van der Waals surface area contributed by atoms with Gasteiger partial charge in [-0.3, -0.25) is 10.2 Å². The van der Waals surface area contributed by atoms with Crippen LogP contribution in [-0.4, -0.2) is 12.5 Å². The first-order chi connectivity index (χ1) is 8.75. The first-order valence-electron chi connectivity index (χ1n) is 5.67. The zero-order valence-corrected chi connectivity index (χ0v) is 10.3. The molecule has 18 heavy (non-hydrogen) atoms. The number of fused-ring (bicyclic) bond motifs is 1. The summed E-state index contributed by atoms with van der Waals surface area (Å²) in [7, 11) is 0. The maximum atomic E-state index is 11.5. The normalized spacial score (nSPS) is 17.4. The summed E-state index contributed by atoms with van der Waals surface area (Å²) in [4.78, 5) is 11.5. The summed E-state index contributed by atoms with van der Waals surface area (Å²) >= 11 is 6.16. The number of nitrogens with one attached hydrogen (secondary N) is 2. The summed E-state index contributed by atoms with van der Waals surface area (Å²) < 4.78 is 0. The second kappa shape index (κ2) is 4.44. The van der Waals surface area contributed by atoms with Crippen molar-refractivity contribution in [3.63, 3.8) is 0 Å². The topological polar surface area (TPSA) is 41.1 Å². The fourth-order valence-electron chi connectivity index (χ4n) is 2.10. The minimum Gasteiger partial charge on any atom is -0.287 e. The Morgan fingerprint density at radius 3 is 2.61 bits per heavy atom. The number of carbonyl (C=O) groups is 1. The molecule has 2 aromatic rings. The van der Waals surface area contributed by atoms with Crippen LogP contribution in [0.25, 0.3) is 16.8 Å². The highest BCUT2D eigenvalue weighted by molar-refractivity contribution is 6.35. The quantitative estimate of drug-likeness (QED) is 0.772. The molecule has 3 nitrogen and oxygen atoms in total. The molecule has 0 spiro atoms. The second-order valence-corrected chi connectivity index (χ2v) is 4.57. The van der Waals surface area contributed by atoms with Gasteiger partial charge in [-0.05, 0) is 23.1 Å². The average Bonchev–Trinajstić information content (AvgIpc) is 2.79. The van der Waals surface area contributed by atoms with E-state index in [1.54, 1.807) is 0 Å². The highest BCUT2D eigenvalue weighted by atomic mass is 35.5. The number of hydrogen-bond acceptors (Lipinski definition) is 2. The minimum atomic E-state index is -0.0750. The summed E-state index contributed by atoms with van der Waals surface area (Å²) in [5.41, 5.74) is 7.10. The molecular formula is C14H11ClN2O. The van der Waals surface area contributed by atoms with Crippen LogP contribution in [0.5, 0.6) is 0 Å². The van der Waals surface area contributed by atoms with E-state index < -0.39 is 0 Å². The number of hydrazine groups is 1. The zero-order chi connectivity index (χ0) is 12.5. The molecule has 1 aliphatic rings. The smallest absolute Gasteiger partial charge is 0.262 e. The molecule has 0 atom stereocenters.